The highest BCUT2D eigenvalue weighted by molar-refractivity contribution is 6.13. The van der Waals surface area contributed by atoms with E-state index < -0.39 is 12.2 Å². The van der Waals surface area contributed by atoms with Crippen molar-refractivity contribution in [2.45, 2.75) is 18.6 Å². The lowest BCUT2D eigenvalue weighted by Gasteiger charge is -2.15. The Morgan fingerprint density at radius 3 is 2.72 bits per heavy atom. The number of hydrogen-bond acceptors (Lipinski definition) is 4. The van der Waals surface area contributed by atoms with Gasteiger partial charge in [0.1, 0.15) is 5.82 Å². The van der Waals surface area contributed by atoms with Crippen molar-refractivity contribution in [3.8, 4) is 0 Å². The lowest BCUT2D eigenvalue weighted by atomic mass is 10.1. The molecule has 0 aliphatic carbocycles. The summed E-state index contributed by atoms with van der Waals surface area (Å²) in [7, 11) is 0. The molecule has 1 atom stereocenters. The SMILES string of the molecule is NC=C(C=NC(Cc1ncc[nH]1)C(F)(F)F)c1nccc2[nH]ccc12. The Labute approximate surface area is 140 Å². The molecule has 6 nitrogen and oxygen atoms in total. The molecule has 0 aliphatic rings. The summed E-state index contributed by atoms with van der Waals surface area (Å²) in [6.07, 6.45) is 3.55. The van der Waals surface area contributed by atoms with Gasteiger partial charge in [0, 0.05) is 60.1 Å². The molecule has 0 amide bonds. The van der Waals surface area contributed by atoms with Crippen molar-refractivity contribution in [3.05, 3.63) is 54.6 Å². The maximum Gasteiger partial charge on any atom is 0.411 e. The van der Waals surface area contributed by atoms with Crippen LogP contribution in [0.3, 0.4) is 0 Å². The van der Waals surface area contributed by atoms with E-state index >= 15 is 0 Å². The number of alkyl halides is 3. The first kappa shape index (κ1) is 16.7. The van der Waals surface area contributed by atoms with Crippen molar-refractivity contribution >= 4 is 22.7 Å². The smallest absolute Gasteiger partial charge is 0.404 e. The van der Waals surface area contributed by atoms with Gasteiger partial charge >= 0.3 is 6.18 Å². The van der Waals surface area contributed by atoms with Gasteiger partial charge in [-0.3, -0.25) is 9.98 Å². The fourth-order valence-electron chi connectivity index (χ4n) is 2.41. The Morgan fingerprint density at radius 1 is 1.20 bits per heavy atom. The standard InChI is InChI=1S/C16H15F3N6/c17-16(18,19)13(7-14-22-5-6-23-14)25-9-10(8-20)15-11-1-3-21-12(11)2-4-24-15/h1-6,8-9,13,21H,7,20H2,(H,22,23). The Balaban J connectivity index is 1.89. The van der Waals surface area contributed by atoms with Gasteiger partial charge in [0.15, 0.2) is 6.04 Å². The number of pyridine rings is 1. The number of fused-ring (bicyclic) bond motifs is 1. The van der Waals surface area contributed by atoms with Gasteiger partial charge in [0.2, 0.25) is 0 Å². The van der Waals surface area contributed by atoms with E-state index in [1.54, 1.807) is 24.5 Å². The van der Waals surface area contributed by atoms with Crippen molar-refractivity contribution in [2.75, 3.05) is 0 Å². The van der Waals surface area contributed by atoms with Crippen LogP contribution in [0.15, 0.2) is 48.1 Å². The minimum Gasteiger partial charge on any atom is -0.404 e. The molecule has 25 heavy (non-hydrogen) atoms. The summed E-state index contributed by atoms with van der Waals surface area (Å²) >= 11 is 0. The third-order valence-electron chi connectivity index (χ3n) is 3.64. The van der Waals surface area contributed by atoms with E-state index in [4.69, 9.17) is 5.73 Å². The average molecular weight is 348 g/mol. The van der Waals surface area contributed by atoms with Crippen LogP contribution in [0.4, 0.5) is 13.2 Å². The summed E-state index contributed by atoms with van der Waals surface area (Å²) in [6.45, 7) is 0. The average Bonchev–Trinajstić information content (AvgIpc) is 3.24. The van der Waals surface area contributed by atoms with Gasteiger partial charge in [-0.1, -0.05) is 0 Å². The lowest BCUT2D eigenvalue weighted by molar-refractivity contribution is -0.146. The highest BCUT2D eigenvalue weighted by atomic mass is 19.4. The summed E-state index contributed by atoms with van der Waals surface area (Å²) in [5.41, 5.74) is 7.17. The van der Waals surface area contributed by atoms with Crippen molar-refractivity contribution < 1.29 is 13.2 Å². The minimum absolute atomic E-state index is 0.212. The largest absolute Gasteiger partial charge is 0.411 e. The van der Waals surface area contributed by atoms with Gasteiger partial charge in [0.25, 0.3) is 0 Å². The van der Waals surface area contributed by atoms with E-state index in [-0.39, 0.29) is 12.2 Å². The molecular weight excluding hydrogens is 333 g/mol. The van der Waals surface area contributed by atoms with Crippen LogP contribution in [-0.2, 0) is 6.42 Å². The molecular formula is C16H15F3N6. The number of hydrogen-bond donors (Lipinski definition) is 3. The lowest BCUT2D eigenvalue weighted by Crippen LogP contribution is -2.29. The predicted octanol–water partition coefficient (Wildman–Crippen LogP) is 2.83. The molecule has 3 rings (SSSR count). The predicted molar refractivity (Wildman–Crippen MR) is 88.9 cm³/mol. The van der Waals surface area contributed by atoms with Crippen molar-refractivity contribution in [3.63, 3.8) is 0 Å². The van der Waals surface area contributed by atoms with Gasteiger partial charge in [-0.2, -0.15) is 13.2 Å². The molecule has 0 bridgehead atoms. The fraction of sp³-hybridized carbons (Fsp3) is 0.188. The first-order valence-corrected chi connectivity index (χ1v) is 7.41. The number of aromatic nitrogens is 4. The van der Waals surface area contributed by atoms with E-state index in [1.165, 1.54) is 18.6 Å². The topological polar surface area (TPSA) is 95.7 Å². The number of allylic oxidation sites excluding steroid dienone is 1. The van der Waals surface area contributed by atoms with E-state index in [0.717, 1.165) is 17.1 Å². The van der Waals surface area contributed by atoms with Crippen LogP contribution in [0.2, 0.25) is 0 Å². The molecule has 0 aromatic carbocycles. The Kier molecular flexibility index (Phi) is 4.55. The fourth-order valence-corrected chi connectivity index (χ4v) is 2.41. The normalized spacial score (nSPS) is 14.4. The molecule has 0 saturated heterocycles. The molecule has 9 heteroatoms. The van der Waals surface area contributed by atoms with Crippen molar-refractivity contribution in [2.24, 2.45) is 10.7 Å². The molecule has 0 saturated carbocycles. The molecule has 130 valence electrons. The van der Waals surface area contributed by atoms with Gasteiger partial charge in [-0.15, -0.1) is 0 Å². The summed E-state index contributed by atoms with van der Waals surface area (Å²) < 4.78 is 39.7. The minimum atomic E-state index is -4.50. The zero-order valence-electron chi connectivity index (χ0n) is 13.0. The van der Waals surface area contributed by atoms with E-state index in [9.17, 15) is 13.2 Å². The summed E-state index contributed by atoms with van der Waals surface area (Å²) in [5, 5.41) is 0.750. The van der Waals surface area contributed by atoms with Crippen LogP contribution >= 0.6 is 0 Å². The number of nitrogens with two attached hydrogens (primary N) is 1. The third-order valence-corrected chi connectivity index (χ3v) is 3.64. The van der Waals surface area contributed by atoms with Crippen molar-refractivity contribution in [1.29, 1.82) is 0 Å². The Morgan fingerprint density at radius 2 is 2.04 bits per heavy atom. The summed E-state index contributed by atoms with van der Waals surface area (Å²) in [5.74, 6) is 0.212. The zero-order valence-corrected chi connectivity index (χ0v) is 13.0. The zero-order chi connectivity index (χ0) is 17.9. The number of nitrogens with zero attached hydrogens (tertiary/aromatic N) is 3. The number of imidazole rings is 1. The molecule has 0 fully saturated rings. The first-order valence-electron chi connectivity index (χ1n) is 7.41. The van der Waals surface area contributed by atoms with Crippen molar-refractivity contribution in [1.82, 2.24) is 19.9 Å². The number of halogens is 3. The number of aliphatic imine (C=N–C) groups is 1. The Hall–Kier alpha value is -3.10. The van der Waals surface area contributed by atoms with Gasteiger partial charge in [-0.25, -0.2) is 4.98 Å². The first-order chi connectivity index (χ1) is 12.0. The molecule has 1 unspecified atom stereocenters. The maximum absolute atomic E-state index is 13.2. The van der Waals surface area contributed by atoms with E-state index in [0.29, 0.717) is 11.3 Å². The maximum atomic E-state index is 13.2. The molecule has 0 radical (unpaired) electrons. The van der Waals surface area contributed by atoms with Gasteiger partial charge in [-0.05, 0) is 12.1 Å². The van der Waals surface area contributed by atoms with Crippen LogP contribution in [0, 0.1) is 0 Å². The number of aromatic amines is 2. The highest BCUT2D eigenvalue weighted by Gasteiger charge is 2.39. The van der Waals surface area contributed by atoms with Gasteiger partial charge < -0.3 is 15.7 Å². The van der Waals surface area contributed by atoms with Crippen LogP contribution in [0.1, 0.15) is 11.5 Å². The molecule has 0 spiro atoms. The Bertz CT molecular complexity index is 892. The number of H-pyrrole nitrogens is 2. The number of nitrogens with one attached hydrogen (secondary N) is 2. The molecule has 4 N–H and O–H groups in total. The molecule has 3 heterocycles. The highest BCUT2D eigenvalue weighted by Crippen LogP contribution is 2.26. The second-order valence-corrected chi connectivity index (χ2v) is 5.30. The van der Waals surface area contributed by atoms with E-state index in [2.05, 4.69) is 24.9 Å². The van der Waals surface area contributed by atoms with Crippen LogP contribution in [0.5, 0.6) is 0 Å². The summed E-state index contributed by atoms with van der Waals surface area (Å²) in [4.78, 5) is 17.4. The molecule has 3 aromatic rings. The van der Waals surface area contributed by atoms with Crippen LogP contribution < -0.4 is 5.73 Å². The quantitative estimate of drug-likeness (QED) is 0.619. The second-order valence-electron chi connectivity index (χ2n) is 5.30. The second kappa shape index (κ2) is 6.80. The van der Waals surface area contributed by atoms with Crippen LogP contribution in [-0.4, -0.2) is 38.4 Å². The summed E-state index contributed by atoms with van der Waals surface area (Å²) in [6, 6.07) is 1.61. The van der Waals surface area contributed by atoms with E-state index in [1.807, 2.05) is 0 Å². The van der Waals surface area contributed by atoms with Gasteiger partial charge in [0.05, 0.1) is 5.69 Å². The number of rotatable bonds is 5. The molecule has 3 aromatic heterocycles. The third kappa shape index (κ3) is 3.70. The monoisotopic (exact) mass is 348 g/mol. The van der Waals surface area contributed by atoms with Crippen LogP contribution in [0.25, 0.3) is 16.5 Å². The molecule has 0 aliphatic heterocycles.